The molecular weight excluding hydrogens is 338 g/mol. The molecule has 1 fully saturated rings. The number of amides is 1. The number of Topliss-reactive ketones (excluding diaryl/α,β-unsaturated/α-hetero) is 1. The lowest BCUT2D eigenvalue weighted by Gasteiger charge is -2.15. The Bertz CT molecular complexity index is 759. The summed E-state index contributed by atoms with van der Waals surface area (Å²) in [5.74, 6) is -1.17. The fourth-order valence-corrected chi connectivity index (χ4v) is 3.27. The van der Waals surface area contributed by atoms with Crippen LogP contribution in [0.1, 0.15) is 47.4 Å². The summed E-state index contributed by atoms with van der Waals surface area (Å²) in [4.78, 5) is 35.5. The zero-order valence-electron chi connectivity index (χ0n) is 15.0. The Morgan fingerprint density at radius 2 is 2.19 bits per heavy atom. The van der Waals surface area contributed by atoms with E-state index in [2.05, 4.69) is 15.1 Å². The van der Waals surface area contributed by atoms with Crippen LogP contribution < -0.4 is 5.43 Å². The molecular formula is C18H23N3O5. The van der Waals surface area contributed by atoms with Crippen molar-refractivity contribution in [3.05, 3.63) is 23.0 Å². The number of esters is 1. The highest BCUT2D eigenvalue weighted by molar-refractivity contribution is 6.37. The summed E-state index contributed by atoms with van der Waals surface area (Å²) in [6.07, 6.45) is 2.67. The predicted octanol–water partition coefficient (Wildman–Crippen LogP) is 1.28. The van der Waals surface area contributed by atoms with Crippen LogP contribution in [0, 0.1) is 13.8 Å². The monoisotopic (exact) mass is 361 g/mol. The first-order valence-corrected chi connectivity index (χ1v) is 8.79. The summed E-state index contributed by atoms with van der Waals surface area (Å²) >= 11 is 0. The van der Waals surface area contributed by atoms with Gasteiger partial charge in [-0.05, 0) is 32.8 Å². The maximum atomic E-state index is 12.5. The third kappa shape index (κ3) is 4.01. The molecule has 140 valence electrons. The molecule has 3 rings (SSSR count). The van der Waals surface area contributed by atoms with Crippen LogP contribution in [0.5, 0.6) is 0 Å². The molecule has 8 heteroatoms. The Labute approximate surface area is 151 Å². The van der Waals surface area contributed by atoms with Gasteiger partial charge in [-0.3, -0.25) is 9.59 Å². The van der Waals surface area contributed by atoms with Gasteiger partial charge in [-0.1, -0.05) is 0 Å². The standard InChI is InChI=1S/C18H23N3O5/c1-11-8-14(12(2)21(11)9-13-4-3-7-25-13)16(22)10-26-18(24)15-5-6-17(23)20-19-15/h8,13H,3-7,9-10H2,1-2H3,(H,20,23)/t13-/m0/s1. The van der Waals surface area contributed by atoms with Gasteiger partial charge in [0.1, 0.15) is 5.71 Å². The zero-order valence-corrected chi connectivity index (χ0v) is 15.0. The lowest BCUT2D eigenvalue weighted by molar-refractivity contribution is -0.134. The topological polar surface area (TPSA) is 99.0 Å². The van der Waals surface area contributed by atoms with E-state index in [1.807, 2.05) is 19.9 Å². The predicted molar refractivity (Wildman–Crippen MR) is 93.0 cm³/mol. The van der Waals surface area contributed by atoms with Gasteiger partial charge < -0.3 is 14.0 Å². The molecule has 3 heterocycles. The molecule has 1 amide bonds. The van der Waals surface area contributed by atoms with Gasteiger partial charge in [0.05, 0.1) is 6.10 Å². The number of aryl methyl sites for hydroxylation is 1. The number of nitrogens with one attached hydrogen (secondary N) is 1. The molecule has 0 unspecified atom stereocenters. The van der Waals surface area contributed by atoms with Crippen molar-refractivity contribution in [3.63, 3.8) is 0 Å². The van der Waals surface area contributed by atoms with Crippen LogP contribution in [0.4, 0.5) is 0 Å². The summed E-state index contributed by atoms with van der Waals surface area (Å²) in [6.45, 7) is 5.00. The minimum Gasteiger partial charge on any atom is -0.453 e. The van der Waals surface area contributed by atoms with Crippen LogP contribution >= 0.6 is 0 Å². The summed E-state index contributed by atoms with van der Waals surface area (Å²) < 4.78 is 12.8. The van der Waals surface area contributed by atoms with E-state index in [4.69, 9.17) is 9.47 Å². The van der Waals surface area contributed by atoms with Gasteiger partial charge in [-0.25, -0.2) is 10.2 Å². The molecule has 1 aromatic rings. The lowest BCUT2D eigenvalue weighted by atomic mass is 10.1. The van der Waals surface area contributed by atoms with E-state index in [9.17, 15) is 14.4 Å². The van der Waals surface area contributed by atoms with Crippen molar-refractivity contribution in [1.29, 1.82) is 0 Å². The van der Waals surface area contributed by atoms with Crippen molar-refractivity contribution < 1.29 is 23.9 Å². The molecule has 0 saturated carbocycles. The Morgan fingerprint density at radius 1 is 1.38 bits per heavy atom. The van der Waals surface area contributed by atoms with Crippen LogP contribution in [0.2, 0.25) is 0 Å². The minimum absolute atomic E-state index is 0.126. The van der Waals surface area contributed by atoms with Crippen LogP contribution in [-0.2, 0) is 25.6 Å². The molecule has 2 aliphatic rings. The van der Waals surface area contributed by atoms with Gasteiger partial charge in [0, 0.05) is 42.9 Å². The van der Waals surface area contributed by atoms with E-state index >= 15 is 0 Å². The molecule has 1 saturated heterocycles. The molecule has 0 aliphatic carbocycles. The van der Waals surface area contributed by atoms with Crippen LogP contribution in [0.15, 0.2) is 11.2 Å². The number of ketones is 1. The molecule has 2 aliphatic heterocycles. The summed E-state index contributed by atoms with van der Waals surface area (Å²) in [5.41, 5.74) is 4.74. The number of rotatable bonds is 6. The Hall–Kier alpha value is -2.48. The number of nitrogens with zero attached hydrogens (tertiary/aromatic N) is 2. The van der Waals surface area contributed by atoms with Crippen LogP contribution in [0.3, 0.4) is 0 Å². The highest BCUT2D eigenvalue weighted by atomic mass is 16.5. The van der Waals surface area contributed by atoms with E-state index in [0.717, 1.165) is 37.4 Å². The van der Waals surface area contributed by atoms with Crippen molar-refractivity contribution in [1.82, 2.24) is 9.99 Å². The molecule has 0 radical (unpaired) electrons. The summed E-state index contributed by atoms with van der Waals surface area (Å²) in [6, 6.07) is 1.82. The third-order valence-corrected chi connectivity index (χ3v) is 4.76. The molecule has 26 heavy (non-hydrogen) atoms. The van der Waals surface area contributed by atoms with Crippen LogP contribution in [0.25, 0.3) is 0 Å². The Kier molecular flexibility index (Phi) is 5.51. The highest BCUT2D eigenvalue weighted by Crippen LogP contribution is 2.20. The maximum absolute atomic E-state index is 12.5. The average Bonchev–Trinajstić information content (AvgIpc) is 3.24. The molecule has 0 aromatic carbocycles. The lowest BCUT2D eigenvalue weighted by Crippen LogP contribution is -2.31. The van der Waals surface area contributed by atoms with Crippen molar-refractivity contribution in [3.8, 4) is 0 Å². The SMILES string of the molecule is Cc1cc(C(=O)COC(=O)C2=NNC(=O)CC2)c(C)n1C[C@@H]1CCCO1. The van der Waals surface area contributed by atoms with Gasteiger partial charge in [-0.2, -0.15) is 5.10 Å². The molecule has 0 spiro atoms. The van der Waals surface area contributed by atoms with Gasteiger partial charge in [0.15, 0.2) is 6.61 Å². The quantitative estimate of drug-likeness (QED) is 0.608. The first-order valence-electron chi connectivity index (χ1n) is 8.79. The van der Waals surface area contributed by atoms with Gasteiger partial charge >= 0.3 is 5.97 Å². The van der Waals surface area contributed by atoms with E-state index in [1.54, 1.807) is 0 Å². The first-order chi connectivity index (χ1) is 12.5. The number of carbonyl (C=O) groups is 3. The highest BCUT2D eigenvalue weighted by Gasteiger charge is 2.23. The van der Waals surface area contributed by atoms with E-state index in [-0.39, 0.29) is 43.0 Å². The second kappa shape index (κ2) is 7.82. The molecule has 8 nitrogen and oxygen atoms in total. The van der Waals surface area contributed by atoms with Gasteiger partial charge in [-0.15, -0.1) is 0 Å². The number of hydrazone groups is 1. The molecule has 1 N–H and O–H groups in total. The fraction of sp³-hybridized carbons (Fsp3) is 0.556. The smallest absolute Gasteiger partial charge is 0.354 e. The summed E-state index contributed by atoms with van der Waals surface area (Å²) in [7, 11) is 0. The van der Waals surface area contributed by atoms with Gasteiger partial charge in [0.25, 0.3) is 0 Å². The normalized spacial score (nSPS) is 19.8. The second-order valence-corrected chi connectivity index (χ2v) is 6.62. The van der Waals surface area contributed by atoms with Crippen molar-refractivity contribution >= 4 is 23.4 Å². The van der Waals surface area contributed by atoms with E-state index < -0.39 is 5.97 Å². The van der Waals surface area contributed by atoms with Gasteiger partial charge in [0.2, 0.25) is 11.7 Å². The van der Waals surface area contributed by atoms with Crippen LogP contribution in [-0.4, -0.2) is 47.3 Å². The number of aromatic nitrogens is 1. The maximum Gasteiger partial charge on any atom is 0.354 e. The van der Waals surface area contributed by atoms with E-state index in [1.165, 1.54) is 0 Å². The van der Waals surface area contributed by atoms with E-state index in [0.29, 0.717) is 5.56 Å². The van der Waals surface area contributed by atoms with Crippen molar-refractivity contribution in [2.24, 2.45) is 5.10 Å². The average molecular weight is 361 g/mol. The third-order valence-electron chi connectivity index (χ3n) is 4.76. The minimum atomic E-state index is -0.675. The Morgan fingerprint density at radius 3 is 2.85 bits per heavy atom. The van der Waals surface area contributed by atoms with Crippen molar-refractivity contribution in [2.75, 3.05) is 13.2 Å². The second-order valence-electron chi connectivity index (χ2n) is 6.62. The number of carbonyl (C=O) groups excluding carboxylic acids is 3. The number of ether oxygens (including phenoxy) is 2. The molecule has 1 aromatic heterocycles. The zero-order chi connectivity index (χ0) is 18.7. The molecule has 1 atom stereocenters. The van der Waals surface area contributed by atoms with Crippen molar-refractivity contribution in [2.45, 2.75) is 52.2 Å². The fourth-order valence-electron chi connectivity index (χ4n) is 3.27. The Balaban J connectivity index is 1.61. The number of hydrogen-bond acceptors (Lipinski definition) is 6. The number of hydrogen-bond donors (Lipinski definition) is 1. The summed E-state index contributed by atoms with van der Waals surface area (Å²) in [5, 5.41) is 3.67. The first kappa shape index (κ1) is 18.3. The molecule has 0 bridgehead atoms. The largest absolute Gasteiger partial charge is 0.453 e.